The van der Waals surface area contributed by atoms with Crippen LogP contribution < -0.4 is 5.32 Å². The van der Waals surface area contributed by atoms with Gasteiger partial charge in [-0.25, -0.2) is 4.99 Å². The van der Waals surface area contributed by atoms with E-state index in [-0.39, 0.29) is 5.91 Å². The van der Waals surface area contributed by atoms with Crippen LogP contribution in [0.5, 0.6) is 0 Å². The fourth-order valence-electron chi connectivity index (χ4n) is 2.37. The summed E-state index contributed by atoms with van der Waals surface area (Å²) in [6.45, 7) is 2.04. The molecule has 0 atom stereocenters. The number of carbonyl (C=O) groups excluding carboxylic acids is 1. The first kappa shape index (κ1) is 15.5. The van der Waals surface area contributed by atoms with Gasteiger partial charge < -0.3 is 5.32 Å². The van der Waals surface area contributed by atoms with Crippen LogP contribution in [-0.2, 0) is 11.2 Å². The lowest BCUT2D eigenvalue weighted by atomic mass is 10.0. The highest BCUT2D eigenvalue weighted by Crippen LogP contribution is 2.34. The standard InChI is InChI=1S/C16H11BrCl2N2O/c1-2-8-5-9(17)6-11-14(8)21-16(22)15(11)20-10-3-4-12(18)13(19)7-10/h3-7H,2H2,1H3,(H,20,21,22). The second-order valence-electron chi connectivity index (χ2n) is 4.85. The van der Waals surface area contributed by atoms with Crippen molar-refractivity contribution in [3.8, 4) is 0 Å². The van der Waals surface area contributed by atoms with Gasteiger partial charge in [-0.15, -0.1) is 0 Å². The molecular formula is C16H11BrCl2N2O. The Balaban J connectivity index is 2.13. The zero-order valence-electron chi connectivity index (χ0n) is 11.6. The molecule has 0 aromatic heterocycles. The van der Waals surface area contributed by atoms with E-state index in [2.05, 4.69) is 26.2 Å². The Bertz CT molecular complexity index is 818. The maximum atomic E-state index is 12.3. The number of benzene rings is 2. The molecule has 0 bridgehead atoms. The van der Waals surface area contributed by atoms with E-state index in [9.17, 15) is 4.79 Å². The molecule has 1 amide bonds. The minimum Gasteiger partial charge on any atom is -0.320 e. The topological polar surface area (TPSA) is 41.5 Å². The summed E-state index contributed by atoms with van der Waals surface area (Å²) in [5, 5.41) is 3.76. The lowest BCUT2D eigenvalue weighted by molar-refractivity contribution is -0.110. The van der Waals surface area contributed by atoms with Crippen LogP contribution in [0.3, 0.4) is 0 Å². The van der Waals surface area contributed by atoms with E-state index < -0.39 is 0 Å². The van der Waals surface area contributed by atoms with Gasteiger partial charge in [-0.3, -0.25) is 4.79 Å². The Morgan fingerprint density at radius 2 is 1.95 bits per heavy atom. The van der Waals surface area contributed by atoms with Crippen molar-refractivity contribution in [3.63, 3.8) is 0 Å². The lowest BCUT2D eigenvalue weighted by Gasteiger charge is -2.06. The van der Waals surface area contributed by atoms with Crippen LogP contribution in [0.25, 0.3) is 0 Å². The molecular weight excluding hydrogens is 387 g/mol. The first-order valence-corrected chi connectivity index (χ1v) is 8.22. The number of fused-ring (bicyclic) bond motifs is 1. The van der Waals surface area contributed by atoms with Gasteiger partial charge in [0.15, 0.2) is 0 Å². The maximum absolute atomic E-state index is 12.3. The molecule has 0 fully saturated rings. The predicted molar refractivity (Wildman–Crippen MR) is 94.8 cm³/mol. The lowest BCUT2D eigenvalue weighted by Crippen LogP contribution is -2.14. The smallest absolute Gasteiger partial charge is 0.275 e. The fraction of sp³-hybridized carbons (Fsp3) is 0.125. The monoisotopic (exact) mass is 396 g/mol. The van der Waals surface area contributed by atoms with E-state index >= 15 is 0 Å². The second-order valence-corrected chi connectivity index (χ2v) is 6.58. The SMILES string of the molecule is CCc1cc(Br)cc2c1NC(=O)C2=Nc1ccc(Cl)c(Cl)c1. The molecule has 22 heavy (non-hydrogen) atoms. The number of halogens is 3. The third-order valence-corrected chi connectivity index (χ3v) is 4.62. The number of amides is 1. The Kier molecular flexibility index (Phi) is 4.26. The van der Waals surface area contributed by atoms with Gasteiger partial charge in [0.1, 0.15) is 5.71 Å². The Morgan fingerprint density at radius 1 is 1.18 bits per heavy atom. The first-order valence-electron chi connectivity index (χ1n) is 6.67. The van der Waals surface area contributed by atoms with Gasteiger partial charge >= 0.3 is 0 Å². The third kappa shape index (κ3) is 2.78. The molecule has 2 aromatic rings. The Morgan fingerprint density at radius 3 is 2.64 bits per heavy atom. The predicted octanol–water partition coefficient (Wildman–Crippen LogP) is 5.39. The fourth-order valence-corrected chi connectivity index (χ4v) is 3.16. The van der Waals surface area contributed by atoms with Crippen molar-refractivity contribution in [1.29, 1.82) is 0 Å². The van der Waals surface area contributed by atoms with Crippen molar-refractivity contribution < 1.29 is 4.79 Å². The summed E-state index contributed by atoms with van der Waals surface area (Å²) in [7, 11) is 0. The van der Waals surface area contributed by atoms with E-state index in [1.807, 2.05) is 19.1 Å². The van der Waals surface area contributed by atoms with Crippen molar-refractivity contribution in [2.45, 2.75) is 13.3 Å². The van der Waals surface area contributed by atoms with Crippen LogP contribution in [0, 0.1) is 0 Å². The second kappa shape index (κ2) is 6.03. The third-order valence-electron chi connectivity index (χ3n) is 3.42. The summed E-state index contributed by atoms with van der Waals surface area (Å²) in [5.74, 6) is -0.214. The van der Waals surface area contributed by atoms with Crippen molar-refractivity contribution >= 4 is 62.1 Å². The van der Waals surface area contributed by atoms with Crippen LogP contribution >= 0.6 is 39.1 Å². The highest BCUT2D eigenvalue weighted by atomic mass is 79.9. The number of aliphatic imine (C=N–C) groups is 1. The van der Waals surface area contributed by atoms with E-state index in [0.717, 1.165) is 27.7 Å². The minimum absolute atomic E-state index is 0.214. The summed E-state index contributed by atoms with van der Waals surface area (Å²) < 4.78 is 0.918. The molecule has 112 valence electrons. The molecule has 6 heteroatoms. The van der Waals surface area contributed by atoms with Gasteiger partial charge in [0, 0.05) is 10.0 Å². The number of nitrogens with one attached hydrogen (secondary N) is 1. The number of rotatable bonds is 2. The summed E-state index contributed by atoms with van der Waals surface area (Å²) in [6, 6.07) is 8.92. The molecule has 0 saturated heterocycles. The molecule has 2 aromatic carbocycles. The van der Waals surface area contributed by atoms with Crippen LogP contribution in [0.4, 0.5) is 11.4 Å². The highest BCUT2D eigenvalue weighted by Gasteiger charge is 2.28. The van der Waals surface area contributed by atoms with Gasteiger partial charge in [0.2, 0.25) is 0 Å². The van der Waals surface area contributed by atoms with E-state index in [0.29, 0.717) is 21.4 Å². The van der Waals surface area contributed by atoms with E-state index in [4.69, 9.17) is 23.2 Å². The van der Waals surface area contributed by atoms with Crippen LogP contribution in [0.15, 0.2) is 39.8 Å². The first-order chi connectivity index (χ1) is 10.5. The summed E-state index contributed by atoms with van der Waals surface area (Å²) in [5.41, 5.74) is 3.66. The molecule has 1 aliphatic rings. The summed E-state index contributed by atoms with van der Waals surface area (Å²) in [4.78, 5) is 16.7. The van der Waals surface area contributed by atoms with E-state index in [1.54, 1.807) is 18.2 Å². The van der Waals surface area contributed by atoms with Crippen LogP contribution in [-0.4, -0.2) is 11.6 Å². The van der Waals surface area contributed by atoms with Crippen LogP contribution in [0.2, 0.25) is 10.0 Å². The maximum Gasteiger partial charge on any atom is 0.275 e. The number of hydrogen-bond donors (Lipinski definition) is 1. The van der Waals surface area contributed by atoms with E-state index in [1.165, 1.54) is 0 Å². The number of nitrogens with zero attached hydrogens (tertiary/aromatic N) is 1. The molecule has 0 saturated carbocycles. The molecule has 0 unspecified atom stereocenters. The van der Waals surface area contributed by atoms with Gasteiger partial charge in [-0.1, -0.05) is 46.1 Å². The van der Waals surface area contributed by atoms with Crippen molar-refractivity contribution in [3.05, 3.63) is 56.0 Å². The van der Waals surface area contributed by atoms with Crippen molar-refractivity contribution in [1.82, 2.24) is 0 Å². The molecule has 3 rings (SSSR count). The number of hydrogen-bond acceptors (Lipinski definition) is 2. The van der Waals surface area contributed by atoms with Gasteiger partial charge in [0.25, 0.3) is 5.91 Å². The largest absolute Gasteiger partial charge is 0.320 e. The molecule has 0 aliphatic carbocycles. The molecule has 1 heterocycles. The highest BCUT2D eigenvalue weighted by molar-refractivity contribution is 9.10. The Labute approximate surface area is 146 Å². The molecule has 3 nitrogen and oxygen atoms in total. The molecule has 1 N–H and O–H groups in total. The quantitative estimate of drug-likeness (QED) is 0.724. The van der Waals surface area contributed by atoms with Crippen LogP contribution in [0.1, 0.15) is 18.1 Å². The zero-order valence-corrected chi connectivity index (χ0v) is 14.7. The average Bonchev–Trinajstić information content (AvgIpc) is 2.78. The molecule has 0 spiro atoms. The normalized spacial score (nSPS) is 15.1. The zero-order chi connectivity index (χ0) is 15.9. The molecule has 0 radical (unpaired) electrons. The number of aryl methyl sites for hydroxylation is 1. The van der Waals surface area contributed by atoms with Gasteiger partial charge in [-0.05, 0) is 42.3 Å². The van der Waals surface area contributed by atoms with Crippen molar-refractivity contribution in [2.24, 2.45) is 4.99 Å². The number of carbonyl (C=O) groups is 1. The van der Waals surface area contributed by atoms with Crippen molar-refractivity contribution in [2.75, 3.05) is 5.32 Å². The molecule has 1 aliphatic heterocycles. The number of anilines is 1. The Hall–Kier alpha value is -1.36. The van der Waals surface area contributed by atoms with Gasteiger partial charge in [-0.2, -0.15) is 0 Å². The van der Waals surface area contributed by atoms with Gasteiger partial charge in [0.05, 0.1) is 21.4 Å². The average molecular weight is 398 g/mol. The minimum atomic E-state index is -0.214. The summed E-state index contributed by atoms with van der Waals surface area (Å²) >= 11 is 15.4. The summed E-state index contributed by atoms with van der Waals surface area (Å²) in [6.07, 6.45) is 0.822.